The highest BCUT2D eigenvalue weighted by molar-refractivity contribution is 7.91. The third-order valence-electron chi connectivity index (χ3n) is 3.39. The van der Waals surface area contributed by atoms with Gasteiger partial charge in [-0.25, -0.2) is 13.4 Å². The molecule has 0 aliphatic carbocycles. The molecule has 1 aromatic rings. The van der Waals surface area contributed by atoms with Crippen LogP contribution in [0.15, 0.2) is 0 Å². The highest BCUT2D eigenvalue weighted by Crippen LogP contribution is 2.23. The van der Waals surface area contributed by atoms with Crippen molar-refractivity contribution in [3.8, 4) is 0 Å². The monoisotopic (exact) mass is 288 g/mol. The molecule has 1 saturated heterocycles. The lowest BCUT2D eigenvalue weighted by molar-refractivity contribution is 0.471. The summed E-state index contributed by atoms with van der Waals surface area (Å²) in [7, 11) is -2.77. The largest absolute Gasteiger partial charge is 0.309 e. The van der Waals surface area contributed by atoms with Crippen molar-refractivity contribution in [1.29, 1.82) is 0 Å². The molecule has 1 aliphatic heterocycles. The third-order valence-corrected chi connectivity index (χ3v) is 6.13. The zero-order valence-electron chi connectivity index (χ0n) is 11.1. The molecule has 1 aromatic heterocycles. The van der Waals surface area contributed by atoms with Crippen LogP contribution in [0.2, 0.25) is 0 Å². The Hall–Kier alpha value is -0.460. The molecule has 1 aliphatic rings. The Bertz CT molecular complexity index is 522. The summed E-state index contributed by atoms with van der Waals surface area (Å²) in [6.45, 7) is 6.94. The lowest BCUT2D eigenvalue weighted by Crippen LogP contribution is -2.27. The summed E-state index contributed by atoms with van der Waals surface area (Å²) in [6.07, 6.45) is 0.789. The minimum absolute atomic E-state index is 0.193. The van der Waals surface area contributed by atoms with Gasteiger partial charge in [0.15, 0.2) is 9.84 Å². The molecule has 0 bridgehead atoms. The van der Waals surface area contributed by atoms with Crippen molar-refractivity contribution < 1.29 is 8.42 Å². The maximum Gasteiger partial charge on any atom is 0.150 e. The first-order valence-corrected chi connectivity index (χ1v) is 8.89. The van der Waals surface area contributed by atoms with Crippen molar-refractivity contribution in [2.45, 2.75) is 33.2 Å². The predicted molar refractivity (Wildman–Crippen MR) is 74.8 cm³/mol. The average molecular weight is 288 g/mol. The van der Waals surface area contributed by atoms with E-state index < -0.39 is 9.84 Å². The Morgan fingerprint density at radius 3 is 2.72 bits per heavy atom. The highest BCUT2D eigenvalue weighted by atomic mass is 32.2. The number of nitrogens with one attached hydrogen (secondary N) is 1. The molecule has 2 atom stereocenters. The van der Waals surface area contributed by atoms with E-state index in [9.17, 15) is 8.42 Å². The van der Waals surface area contributed by atoms with Crippen LogP contribution in [0.3, 0.4) is 0 Å². The Labute approximate surface area is 113 Å². The lowest BCUT2D eigenvalue weighted by Gasteiger charge is -2.15. The van der Waals surface area contributed by atoms with Crippen LogP contribution >= 0.6 is 11.3 Å². The molecular weight excluding hydrogens is 268 g/mol. The fourth-order valence-electron chi connectivity index (χ4n) is 2.42. The van der Waals surface area contributed by atoms with Gasteiger partial charge in [-0.2, -0.15) is 0 Å². The molecule has 2 rings (SSSR count). The Kier molecular flexibility index (Phi) is 4.08. The molecule has 4 nitrogen and oxygen atoms in total. The molecule has 0 aromatic carbocycles. The molecule has 0 radical (unpaired) electrons. The van der Waals surface area contributed by atoms with Crippen molar-refractivity contribution in [2.75, 3.05) is 18.1 Å². The highest BCUT2D eigenvalue weighted by Gasteiger charge is 2.28. The number of hydrogen-bond donors (Lipinski definition) is 1. The van der Waals surface area contributed by atoms with Gasteiger partial charge in [0.1, 0.15) is 0 Å². The minimum Gasteiger partial charge on any atom is -0.309 e. The first kappa shape index (κ1) is 14.0. The molecule has 0 amide bonds. The number of aromatic nitrogens is 1. The van der Waals surface area contributed by atoms with Crippen LogP contribution in [0.5, 0.6) is 0 Å². The molecule has 18 heavy (non-hydrogen) atoms. The van der Waals surface area contributed by atoms with Gasteiger partial charge in [0.2, 0.25) is 0 Å². The van der Waals surface area contributed by atoms with Gasteiger partial charge >= 0.3 is 0 Å². The van der Waals surface area contributed by atoms with E-state index in [2.05, 4.69) is 24.1 Å². The predicted octanol–water partition coefficient (Wildman–Crippen LogP) is 1.85. The number of aryl methyl sites for hydroxylation is 2. The van der Waals surface area contributed by atoms with Crippen LogP contribution in [0.1, 0.15) is 35.0 Å². The van der Waals surface area contributed by atoms with Crippen molar-refractivity contribution in [1.82, 2.24) is 10.3 Å². The van der Waals surface area contributed by atoms with Gasteiger partial charge in [0, 0.05) is 10.9 Å². The van der Waals surface area contributed by atoms with Gasteiger partial charge < -0.3 is 5.32 Å². The van der Waals surface area contributed by atoms with Crippen LogP contribution in [0.25, 0.3) is 0 Å². The number of rotatable bonds is 4. The summed E-state index contributed by atoms with van der Waals surface area (Å²) >= 11 is 1.71. The fourth-order valence-corrected chi connectivity index (χ4v) is 5.20. The summed E-state index contributed by atoms with van der Waals surface area (Å²) in [4.78, 5) is 5.76. The maximum absolute atomic E-state index is 11.4. The van der Waals surface area contributed by atoms with E-state index in [1.807, 2.05) is 6.92 Å². The van der Waals surface area contributed by atoms with E-state index in [1.165, 1.54) is 4.88 Å². The van der Waals surface area contributed by atoms with Crippen molar-refractivity contribution >= 4 is 21.2 Å². The lowest BCUT2D eigenvalue weighted by atomic mass is 10.1. The van der Waals surface area contributed by atoms with Crippen molar-refractivity contribution in [2.24, 2.45) is 5.92 Å². The van der Waals surface area contributed by atoms with E-state index in [4.69, 9.17) is 0 Å². The second-order valence-corrected chi connectivity index (χ2v) is 8.71. The number of thiazole rings is 1. The Balaban J connectivity index is 1.89. The number of hydrogen-bond acceptors (Lipinski definition) is 5. The second-order valence-electron chi connectivity index (χ2n) is 5.07. The van der Waals surface area contributed by atoms with Crippen LogP contribution in [-0.4, -0.2) is 31.5 Å². The van der Waals surface area contributed by atoms with Gasteiger partial charge in [-0.05, 0) is 39.7 Å². The maximum atomic E-state index is 11.4. The number of sulfone groups is 1. The van der Waals surface area contributed by atoms with Gasteiger partial charge in [-0.1, -0.05) is 0 Å². The molecule has 2 unspecified atom stereocenters. The van der Waals surface area contributed by atoms with Crippen LogP contribution < -0.4 is 5.32 Å². The molecule has 1 fully saturated rings. The quantitative estimate of drug-likeness (QED) is 0.918. The molecule has 2 heterocycles. The van der Waals surface area contributed by atoms with E-state index in [0.29, 0.717) is 11.5 Å². The minimum atomic E-state index is -2.77. The summed E-state index contributed by atoms with van der Waals surface area (Å²) < 4.78 is 22.7. The average Bonchev–Trinajstić information content (AvgIpc) is 2.78. The Morgan fingerprint density at radius 2 is 2.22 bits per heavy atom. The molecule has 6 heteroatoms. The first-order chi connectivity index (χ1) is 8.37. The van der Waals surface area contributed by atoms with Crippen LogP contribution in [0.4, 0.5) is 0 Å². The smallest absolute Gasteiger partial charge is 0.150 e. The van der Waals surface area contributed by atoms with Crippen molar-refractivity contribution in [3.63, 3.8) is 0 Å². The van der Waals surface area contributed by atoms with Crippen LogP contribution in [-0.2, 0) is 9.84 Å². The summed E-state index contributed by atoms with van der Waals surface area (Å²) in [6, 6.07) is 0.193. The van der Waals surface area contributed by atoms with Gasteiger partial charge in [-0.15, -0.1) is 11.3 Å². The van der Waals surface area contributed by atoms with E-state index in [1.54, 1.807) is 11.3 Å². The standard InChI is InChI=1S/C12H20N2O2S2/c1-8(12-9(2)17-10(3)14-12)13-6-11-4-5-18(15,16)7-11/h8,11,13H,4-7H2,1-3H3. The first-order valence-electron chi connectivity index (χ1n) is 6.25. The third kappa shape index (κ3) is 3.30. The number of nitrogens with zero attached hydrogens (tertiary/aromatic N) is 1. The molecule has 0 spiro atoms. The second kappa shape index (κ2) is 5.27. The zero-order valence-corrected chi connectivity index (χ0v) is 12.7. The molecule has 1 N–H and O–H groups in total. The summed E-state index contributed by atoms with van der Waals surface area (Å²) in [5, 5.41) is 4.50. The van der Waals surface area contributed by atoms with Gasteiger partial charge in [0.25, 0.3) is 0 Å². The summed E-state index contributed by atoms with van der Waals surface area (Å²) in [5.74, 6) is 0.946. The molecule has 102 valence electrons. The van der Waals surface area contributed by atoms with E-state index >= 15 is 0 Å². The van der Waals surface area contributed by atoms with E-state index in [-0.39, 0.29) is 12.0 Å². The van der Waals surface area contributed by atoms with Gasteiger partial charge in [-0.3, -0.25) is 0 Å². The topological polar surface area (TPSA) is 59.1 Å². The molecular formula is C12H20N2O2S2. The zero-order chi connectivity index (χ0) is 13.3. The normalized spacial score (nSPS) is 24.3. The van der Waals surface area contributed by atoms with E-state index in [0.717, 1.165) is 23.7 Å². The van der Waals surface area contributed by atoms with Gasteiger partial charge in [0.05, 0.1) is 22.2 Å². The van der Waals surface area contributed by atoms with Crippen LogP contribution in [0, 0.1) is 19.8 Å². The fraction of sp³-hybridized carbons (Fsp3) is 0.750. The summed E-state index contributed by atoms with van der Waals surface area (Å²) in [5.41, 5.74) is 1.10. The Morgan fingerprint density at radius 1 is 1.50 bits per heavy atom. The SMILES string of the molecule is Cc1nc(C(C)NCC2CCS(=O)(=O)C2)c(C)s1. The molecule has 0 saturated carbocycles. The van der Waals surface area contributed by atoms with Crippen molar-refractivity contribution in [3.05, 3.63) is 15.6 Å².